The van der Waals surface area contributed by atoms with Gasteiger partial charge in [0.2, 0.25) is 0 Å². The molecule has 2 N–H and O–H groups in total. The summed E-state index contributed by atoms with van der Waals surface area (Å²) in [6.45, 7) is 12.8. The number of ether oxygens (including phenoxy) is 1. The largest absolute Gasteiger partial charge is 0.374 e. The van der Waals surface area contributed by atoms with Gasteiger partial charge >= 0.3 is 0 Å². The number of benzene rings is 1. The molecule has 0 amide bonds. The van der Waals surface area contributed by atoms with Gasteiger partial charge in [-0.2, -0.15) is 0 Å². The van der Waals surface area contributed by atoms with Crippen LogP contribution < -0.4 is 5.73 Å². The van der Waals surface area contributed by atoms with E-state index in [-0.39, 0.29) is 5.60 Å². The molecule has 0 aliphatic carbocycles. The maximum atomic E-state index is 5.85. The first-order valence-corrected chi connectivity index (χ1v) is 7.26. The van der Waals surface area contributed by atoms with Crippen LogP contribution in [0, 0.1) is 13.8 Å². The van der Waals surface area contributed by atoms with E-state index < -0.39 is 0 Å². The second-order valence-electron chi connectivity index (χ2n) is 6.38. The van der Waals surface area contributed by atoms with Crippen LogP contribution in [0.2, 0.25) is 0 Å². The summed E-state index contributed by atoms with van der Waals surface area (Å²) >= 11 is 0. The second kappa shape index (κ2) is 5.58. The van der Waals surface area contributed by atoms with Gasteiger partial charge in [-0.25, -0.2) is 0 Å². The maximum Gasteiger partial charge on any atom is 0.0652 e. The quantitative estimate of drug-likeness (QED) is 0.926. The molecule has 110 valence electrons. The van der Waals surface area contributed by atoms with Crippen LogP contribution in [0.3, 0.4) is 0 Å². The molecule has 0 unspecified atom stereocenters. The molecule has 2 aromatic rings. The molecule has 0 aliphatic heterocycles. The van der Waals surface area contributed by atoms with Crippen molar-refractivity contribution in [2.75, 3.05) is 6.61 Å². The van der Waals surface area contributed by atoms with Crippen LogP contribution in [-0.4, -0.2) is 16.8 Å². The highest BCUT2D eigenvalue weighted by molar-refractivity contribution is 5.86. The van der Waals surface area contributed by atoms with Gasteiger partial charge < -0.3 is 15.0 Å². The maximum absolute atomic E-state index is 5.85. The number of aromatic nitrogens is 1. The third kappa shape index (κ3) is 3.05. The fourth-order valence-corrected chi connectivity index (χ4v) is 2.56. The van der Waals surface area contributed by atoms with Crippen LogP contribution in [0.25, 0.3) is 10.9 Å². The number of nitrogens with zero attached hydrogens (tertiary/aromatic N) is 1. The predicted molar refractivity (Wildman–Crippen MR) is 85.0 cm³/mol. The topological polar surface area (TPSA) is 40.2 Å². The molecular formula is C17H26N2O. The van der Waals surface area contributed by atoms with Crippen molar-refractivity contribution in [2.24, 2.45) is 5.73 Å². The minimum Gasteiger partial charge on any atom is -0.374 e. The molecule has 0 spiro atoms. The van der Waals surface area contributed by atoms with E-state index >= 15 is 0 Å². The first kappa shape index (κ1) is 15.1. The van der Waals surface area contributed by atoms with Gasteiger partial charge in [-0.1, -0.05) is 6.07 Å². The summed E-state index contributed by atoms with van der Waals surface area (Å²) in [6, 6.07) is 6.50. The minimum atomic E-state index is -0.0847. The first-order chi connectivity index (χ1) is 9.33. The van der Waals surface area contributed by atoms with Gasteiger partial charge in [-0.05, 0) is 57.9 Å². The predicted octanol–water partition coefficient (Wildman–Crippen LogP) is 3.53. The first-order valence-electron chi connectivity index (χ1n) is 7.26. The highest BCUT2D eigenvalue weighted by Crippen LogP contribution is 2.26. The molecule has 0 bridgehead atoms. The summed E-state index contributed by atoms with van der Waals surface area (Å²) in [4.78, 5) is 0. The molecule has 20 heavy (non-hydrogen) atoms. The van der Waals surface area contributed by atoms with Crippen molar-refractivity contribution < 1.29 is 4.74 Å². The zero-order valence-corrected chi connectivity index (χ0v) is 13.3. The van der Waals surface area contributed by atoms with Crippen molar-refractivity contribution in [3.8, 4) is 0 Å². The molecule has 0 saturated heterocycles. The van der Waals surface area contributed by atoms with Crippen LogP contribution in [-0.2, 0) is 17.8 Å². The zero-order chi connectivity index (χ0) is 14.9. The van der Waals surface area contributed by atoms with E-state index in [0.717, 1.165) is 13.2 Å². The standard InChI is InChI=1S/C17H26N2O/c1-12-13(2)19(8-9-20-17(3,4)5)16-7-6-14(11-18)10-15(12)16/h6-7,10H,8-9,11,18H2,1-5H3. The molecule has 0 saturated carbocycles. The van der Waals surface area contributed by atoms with Crippen LogP contribution in [0.4, 0.5) is 0 Å². The van der Waals surface area contributed by atoms with E-state index in [4.69, 9.17) is 10.5 Å². The SMILES string of the molecule is Cc1c(C)n(CCOC(C)(C)C)c2ccc(CN)cc12. The van der Waals surface area contributed by atoms with Crippen LogP contribution in [0.1, 0.15) is 37.6 Å². The summed E-state index contributed by atoms with van der Waals surface area (Å²) in [7, 11) is 0. The van der Waals surface area contributed by atoms with Crippen LogP contribution in [0.15, 0.2) is 18.2 Å². The highest BCUT2D eigenvalue weighted by Gasteiger charge is 2.13. The lowest BCUT2D eigenvalue weighted by Gasteiger charge is -2.20. The van der Waals surface area contributed by atoms with Crippen molar-refractivity contribution in [3.05, 3.63) is 35.0 Å². The van der Waals surface area contributed by atoms with Crippen molar-refractivity contribution in [1.29, 1.82) is 0 Å². The van der Waals surface area contributed by atoms with Gasteiger partial charge in [0, 0.05) is 29.7 Å². The lowest BCUT2D eigenvalue weighted by Crippen LogP contribution is -2.22. The normalized spacial score (nSPS) is 12.3. The summed E-state index contributed by atoms with van der Waals surface area (Å²) < 4.78 is 8.19. The molecule has 1 heterocycles. The summed E-state index contributed by atoms with van der Waals surface area (Å²) in [5.41, 5.74) is 10.8. The molecule has 3 nitrogen and oxygen atoms in total. The Balaban J connectivity index is 2.31. The zero-order valence-electron chi connectivity index (χ0n) is 13.3. The minimum absolute atomic E-state index is 0.0847. The smallest absolute Gasteiger partial charge is 0.0652 e. The Morgan fingerprint density at radius 1 is 1.20 bits per heavy atom. The Morgan fingerprint density at radius 2 is 1.90 bits per heavy atom. The van der Waals surface area contributed by atoms with E-state index in [2.05, 4.69) is 57.4 Å². The lowest BCUT2D eigenvalue weighted by atomic mass is 10.1. The van der Waals surface area contributed by atoms with Crippen LogP contribution >= 0.6 is 0 Å². The van der Waals surface area contributed by atoms with E-state index in [0.29, 0.717) is 6.54 Å². The van der Waals surface area contributed by atoms with E-state index in [1.165, 1.54) is 27.7 Å². The number of rotatable bonds is 4. The van der Waals surface area contributed by atoms with Gasteiger partial charge in [-0.15, -0.1) is 0 Å². The number of aryl methyl sites for hydroxylation is 1. The fourth-order valence-electron chi connectivity index (χ4n) is 2.56. The monoisotopic (exact) mass is 274 g/mol. The summed E-state index contributed by atoms with van der Waals surface area (Å²) in [5, 5.41) is 1.31. The van der Waals surface area contributed by atoms with Crippen molar-refractivity contribution in [1.82, 2.24) is 4.57 Å². The molecule has 0 radical (unpaired) electrons. The molecule has 2 rings (SSSR count). The molecule has 0 fully saturated rings. The lowest BCUT2D eigenvalue weighted by molar-refractivity contribution is -0.00660. The third-order valence-corrected chi connectivity index (χ3v) is 3.79. The Morgan fingerprint density at radius 3 is 2.50 bits per heavy atom. The van der Waals surface area contributed by atoms with Gasteiger partial charge in [0.15, 0.2) is 0 Å². The van der Waals surface area contributed by atoms with Crippen molar-refractivity contribution in [3.63, 3.8) is 0 Å². The Kier molecular flexibility index (Phi) is 4.21. The number of hydrogen-bond donors (Lipinski definition) is 1. The Hall–Kier alpha value is -1.32. The highest BCUT2D eigenvalue weighted by atomic mass is 16.5. The number of fused-ring (bicyclic) bond motifs is 1. The molecule has 3 heteroatoms. The Labute approximate surface area is 121 Å². The molecule has 1 aromatic carbocycles. The third-order valence-electron chi connectivity index (χ3n) is 3.79. The van der Waals surface area contributed by atoms with Gasteiger partial charge in [0.05, 0.1) is 12.2 Å². The molecule has 1 aromatic heterocycles. The van der Waals surface area contributed by atoms with Crippen molar-refractivity contribution >= 4 is 10.9 Å². The van der Waals surface area contributed by atoms with E-state index in [1.54, 1.807) is 0 Å². The van der Waals surface area contributed by atoms with Crippen molar-refractivity contribution in [2.45, 2.75) is 53.3 Å². The van der Waals surface area contributed by atoms with Gasteiger partial charge in [0.25, 0.3) is 0 Å². The molecule has 0 atom stereocenters. The van der Waals surface area contributed by atoms with Gasteiger partial charge in [-0.3, -0.25) is 0 Å². The van der Waals surface area contributed by atoms with Crippen LogP contribution in [0.5, 0.6) is 0 Å². The van der Waals surface area contributed by atoms with E-state index in [9.17, 15) is 0 Å². The molecule has 0 aliphatic rings. The average molecular weight is 274 g/mol. The van der Waals surface area contributed by atoms with E-state index in [1.807, 2.05) is 0 Å². The second-order valence-corrected chi connectivity index (χ2v) is 6.38. The molecular weight excluding hydrogens is 248 g/mol. The summed E-state index contributed by atoms with van der Waals surface area (Å²) in [5.74, 6) is 0. The Bertz CT molecular complexity index is 605. The fraction of sp³-hybridized carbons (Fsp3) is 0.529. The number of hydrogen-bond acceptors (Lipinski definition) is 2. The number of nitrogens with two attached hydrogens (primary N) is 1. The summed E-state index contributed by atoms with van der Waals surface area (Å²) in [6.07, 6.45) is 0. The van der Waals surface area contributed by atoms with Gasteiger partial charge in [0.1, 0.15) is 0 Å². The average Bonchev–Trinajstić information content (AvgIpc) is 2.62.